The Morgan fingerprint density at radius 2 is 2.19 bits per heavy atom. The second kappa shape index (κ2) is 7.17. The van der Waals surface area contributed by atoms with Crippen LogP contribution in [0.1, 0.15) is 29.3 Å². The summed E-state index contributed by atoms with van der Waals surface area (Å²) in [5.74, 6) is 1.88. The van der Waals surface area contributed by atoms with E-state index in [1.807, 2.05) is 24.2 Å². The Labute approximate surface area is 153 Å². The van der Waals surface area contributed by atoms with E-state index in [9.17, 15) is 5.11 Å². The van der Waals surface area contributed by atoms with E-state index >= 15 is 0 Å². The molecule has 4 rings (SSSR count). The molecule has 1 N–H and O–H groups in total. The zero-order valence-electron chi connectivity index (χ0n) is 15.3. The summed E-state index contributed by atoms with van der Waals surface area (Å²) >= 11 is 0. The molecule has 1 atom stereocenters. The minimum Gasteiger partial charge on any atom is -0.389 e. The third-order valence-electron chi connectivity index (χ3n) is 5.11. The maximum absolute atomic E-state index is 9.63. The van der Waals surface area contributed by atoms with Crippen LogP contribution in [0.25, 0.3) is 0 Å². The second-order valence-electron chi connectivity index (χ2n) is 7.19. The summed E-state index contributed by atoms with van der Waals surface area (Å²) in [5, 5.41) is 9.63. The first-order chi connectivity index (χ1) is 12.6. The van der Waals surface area contributed by atoms with Gasteiger partial charge in [-0.05, 0) is 25.0 Å². The predicted octanol–water partition coefficient (Wildman–Crippen LogP) is 1.50. The smallest absolute Gasteiger partial charge is 0.227 e. The Kier molecular flexibility index (Phi) is 4.74. The highest BCUT2D eigenvalue weighted by Gasteiger charge is 2.29. The molecule has 0 amide bonds. The summed E-state index contributed by atoms with van der Waals surface area (Å²) in [5.41, 5.74) is 3.23. The number of hydrogen-bond donors (Lipinski definition) is 1. The van der Waals surface area contributed by atoms with Gasteiger partial charge in [-0.25, -0.2) is 4.98 Å². The van der Waals surface area contributed by atoms with Crippen molar-refractivity contribution in [1.82, 2.24) is 15.0 Å². The molecule has 2 saturated heterocycles. The molecular formula is C19H25N5O2. The third-order valence-corrected chi connectivity index (χ3v) is 5.11. The van der Waals surface area contributed by atoms with Crippen molar-refractivity contribution in [2.45, 2.75) is 31.9 Å². The van der Waals surface area contributed by atoms with E-state index in [4.69, 9.17) is 14.7 Å². The average Bonchev–Trinajstić information content (AvgIpc) is 3.15. The molecule has 2 aromatic rings. The van der Waals surface area contributed by atoms with Gasteiger partial charge in [0.2, 0.25) is 5.95 Å². The zero-order chi connectivity index (χ0) is 18.1. The number of aryl methyl sites for hydroxylation is 1. The number of ether oxygens (including phenoxy) is 1. The first-order valence-electron chi connectivity index (χ1n) is 9.11. The fourth-order valence-corrected chi connectivity index (χ4v) is 3.36. The zero-order valence-corrected chi connectivity index (χ0v) is 15.3. The van der Waals surface area contributed by atoms with Crippen LogP contribution < -0.4 is 9.80 Å². The molecule has 0 unspecified atom stereocenters. The van der Waals surface area contributed by atoms with Gasteiger partial charge >= 0.3 is 0 Å². The van der Waals surface area contributed by atoms with Crippen LogP contribution in [0.4, 0.5) is 11.8 Å². The maximum Gasteiger partial charge on any atom is 0.227 e. The number of rotatable bonds is 5. The van der Waals surface area contributed by atoms with Gasteiger partial charge in [0, 0.05) is 44.9 Å². The molecule has 2 fully saturated rings. The molecule has 0 aliphatic carbocycles. The van der Waals surface area contributed by atoms with E-state index in [0.29, 0.717) is 38.1 Å². The average molecular weight is 355 g/mol. The molecule has 0 radical (unpaired) electrons. The molecule has 26 heavy (non-hydrogen) atoms. The van der Waals surface area contributed by atoms with Gasteiger partial charge in [0.05, 0.1) is 30.6 Å². The Bertz CT molecular complexity index is 772. The van der Waals surface area contributed by atoms with Crippen LogP contribution in [-0.2, 0) is 11.3 Å². The summed E-state index contributed by atoms with van der Waals surface area (Å²) in [6, 6.07) is 6.09. The molecule has 0 aromatic carbocycles. The normalized spacial score (nSPS) is 20.3. The number of nitrogens with zero attached hydrogens (tertiary/aromatic N) is 5. The van der Waals surface area contributed by atoms with Crippen LogP contribution in [0.3, 0.4) is 0 Å². The standard InChI is InChI=1S/C19H25N5O2/c1-13-4-3-6-20-17(13)11-23(2)18-8-16(14-5-7-26-12-14)21-19(22-18)24-9-15(25)10-24/h3-4,6,8,14-15,25H,5,7,9-12H2,1-2H3/t14-/m1/s1. The summed E-state index contributed by atoms with van der Waals surface area (Å²) in [6.07, 6.45) is 2.53. The van der Waals surface area contributed by atoms with Crippen LogP contribution in [0.15, 0.2) is 24.4 Å². The second-order valence-corrected chi connectivity index (χ2v) is 7.19. The third kappa shape index (κ3) is 3.50. The summed E-state index contributed by atoms with van der Waals surface area (Å²) < 4.78 is 5.54. The lowest BCUT2D eigenvalue weighted by Crippen LogP contribution is -2.51. The number of β-amino-alcohol motifs (C(OH)–C–C–N with tert-alkyl or cyclic N) is 1. The minimum atomic E-state index is -0.283. The van der Waals surface area contributed by atoms with Crippen LogP contribution in [-0.4, -0.2) is 59.5 Å². The highest BCUT2D eigenvalue weighted by molar-refractivity contribution is 5.48. The van der Waals surface area contributed by atoms with Crippen LogP contribution >= 0.6 is 0 Å². The van der Waals surface area contributed by atoms with Crippen molar-refractivity contribution in [3.05, 3.63) is 41.3 Å². The lowest BCUT2D eigenvalue weighted by molar-refractivity contribution is 0.140. The number of pyridine rings is 1. The Morgan fingerprint density at radius 3 is 2.88 bits per heavy atom. The lowest BCUT2D eigenvalue weighted by Gasteiger charge is -2.36. The van der Waals surface area contributed by atoms with E-state index in [-0.39, 0.29) is 6.10 Å². The molecule has 138 valence electrons. The van der Waals surface area contributed by atoms with E-state index in [1.54, 1.807) is 0 Å². The van der Waals surface area contributed by atoms with Gasteiger partial charge in [-0.15, -0.1) is 0 Å². The van der Waals surface area contributed by atoms with Crippen molar-refractivity contribution in [3.63, 3.8) is 0 Å². The van der Waals surface area contributed by atoms with Crippen LogP contribution in [0.2, 0.25) is 0 Å². The summed E-state index contributed by atoms with van der Waals surface area (Å²) in [6.45, 7) is 5.43. The molecule has 0 spiro atoms. The first-order valence-corrected chi connectivity index (χ1v) is 9.11. The quantitative estimate of drug-likeness (QED) is 0.871. The predicted molar refractivity (Wildman–Crippen MR) is 99.5 cm³/mol. The van der Waals surface area contributed by atoms with Gasteiger partial charge in [-0.1, -0.05) is 6.07 Å². The number of anilines is 2. The van der Waals surface area contributed by atoms with Gasteiger partial charge in [0.1, 0.15) is 5.82 Å². The van der Waals surface area contributed by atoms with E-state index < -0.39 is 0 Å². The van der Waals surface area contributed by atoms with Crippen molar-refractivity contribution >= 4 is 11.8 Å². The number of aromatic nitrogens is 3. The molecule has 0 saturated carbocycles. The van der Waals surface area contributed by atoms with Gasteiger partial charge in [-0.3, -0.25) is 4.98 Å². The number of hydrogen-bond acceptors (Lipinski definition) is 7. The van der Waals surface area contributed by atoms with Crippen LogP contribution in [0, 0.1) is 6.92 Å². The van der Waals surface area contributed by atoms with Crippen molar-refractivity contribution < 1.29 is 9.84 Å². The lowest BCUT2D eigenvalue weighted by atomic mass is 10.0. The van der Waals surface area contributed by atoms with E-state index in [1.165, 1.54) is 5.56 Å². The molecule has 7 nitrogen and oxygen atoms in total. The van der Waals surface area contributed by atoms with E-state index in [2.05, 4.69) is 28.9 Å². The molecule has 4 heterocycles. The van der Waals surface area contributed by atoms with Gasteiger partial charge < -0.3 is 19.6 Å². The minimum absolute atomic E-state index is 0.283. The Morgan fingerprint density at radius 1 is 1.35 bits per heavy atom. The molecule has 2 aliphatic rings. The molecular weight excluding hydrogens is 330 g/mol. The topological polar surface area (TPSA) is 74.6 Å². The molecule has 0 bridgehead atoms. The molecule has 2 aromatic heterocycles. The first kappa shape index (κ1) is 17.2. The van der Waals surface area contributed by atoms with Crippen molar-refractivity contribution in [2.24, 2.45) is 0 Å². The fourth-order valence-electron chi connectivity index (χ4n) is 3.36. The van der Waals surface area contributed by atoms with Crippen molar-refractivity contribution in [1.29, 1.82) is 0 Å². The summed E-state index contributed by atoms with van der Waals surface area (Å²) in [7, 11) is 2.03. The maximum atomic E-state index is 9.63. The van der Waals surface area contributed by atoms with Gasteiger partial charge in [-0.2, -0.15) is 4.98 Å². The highest BCUT2D eigenvalue weighted by atomic mass is 16.5. The largest absolute Gasteiger partial charge is 0.389 e. The Hall–Kier alpha value is -2.25. The van der Waals surface area contributed by atoms with E-state index in [0.717, 1.165) is 30.2 Å². The number of aliphatic hydroxyl groups is 1. The molecule has 2 aliphatic heterocycles. The van der Waals surface area contributed by atoms with Crippen molar-refractivity contribution in [3.8, 4) is 0 Å². The molecule has 7 heteroatoms. The summed E-state index contributed by atoms with van der Waals surface area (Å²) in [4.78, 5) is 18.1. The monoisotopic (exact) mass is 355 g/mol. The number of aliphatic hydroxyl groups excluding tert-OH is 1. The SMILES string of the molecule is Cc1cccnc1CN(C)c1cc([C@@H]2CCOC2)nc(N2CC(O)C2)n1. The van der Waals surface area contributed by atoms with Crippen molar-refractivity contribution in [2.75, 3.05) is 43.2 Å². The van der Waals surface area contributed by atoms with Gasteiger partial charge in [0.15, 0.2) is 0 Å². The fraction of sp³-hybridized carbons (Fsp3) is 0.526. The van der Waals surface area contributed by atoms with Gasteiger partial charge in [0.25, 0.3) is 0 Å². The van der Waals surface area contributed by atoms with Crippen LogP contribution in [0.5, 0.6) is 0 Å². The Balaban J connectivity index is 1.62. The highest BCUT2D eigenvalue weighted by Crippen LogP contribution is 2.29.